The number of rotatable bonds is 6. The lowest BCUT2D eigenvalue weighted by Crippen LogP contribution is -3.15. The second kappa shape index (κ2) is 6.91. The number of amides is 2. The number of likely N-dealkylation sites (N-methyl/N-ethyl adjacent to an activating group) is 1. The average molecular weight is 311 g/mol. The molecule has 21 heavy (non-hydrogen) atoms. The van der Waals surface area contributed by atoms with Crippen molar-refractivity contribution in [3.63, 3.8) is 0 Å². The second-order valence-corrected chi connectivity index (χ2v) is 6.02. The Morgan fingerprint density at radius 3 is 2.52 bits per heavy atom. The fourth-order valence-corrected chi connectivity index (χ4v) is 2.05. The van der Waals surface area contributed by atoms with Crippen LogP contribution >= 0.6 is 11.6 Å². The topological polar surface area (TPSA) is 62.6 Å². The van der Waals surface area contributed by atoms with E-state index in [1.807, 2.05) is 14.0 Å². The number of hydrogen-bond donors (Lipinski definition) is 3. The third-order valence-corrected chi connectivity index (χ3v) is 3.88. The molecular formula is C15H21ClN3O2+. The number of halogens is 1. The lowest BCUT2D eigenvalue weighted by Gasteiger charge is -2.20. The number of nitrogens with one attached hydrogen (secondary N) is 3. The summed E-state index contributed by atoms with van der Waals surface area (Å²) in [5.74, 6) is -0.116. The van der Waals surface area contributed by atoms with E-state index in [-0.39, 0.29) is 24.4 Å². The van der Waals surface area contributed by atoms with E-state index in [1.54, 1.807) is 24.3 Å². The fraction of sp³-hybridized carbons (Fsp3) is 0.467. The standard InChI is InChI=1S/C15H20ClN3O2/c1-10(15(21)18-13-7-8-13)19(2)9-14(20)17-12-5-3-11(16)4-6-12/h3-6,10,13H,7-9H2,1-2H3,(H,17,20)(H,18,21)/p+1/t10-/m0/s1. The van der Waals surface area contributed by atoms with Gasteiger partial charge in [-0.05, 0) is 44.0 Å². The molecule has 0 radical (unpaired) electrons. The minimum absolute atomic E-state index is 0.00860. The molecule has 1 aliphatic carbocycles. The minimum Gasteiger partial charge on any atom is -0.348 e. The van der Waals surface area contributed by atoms with Crippen LogP contribution in [0.5, 0.6) is 0 Å². The van der Waals surface area contributed by atoms with Gasteiger partial charge in [-0.1, -0.05) is 11.6 Å². The van der Waals surface area contributed by atoms with Crippen LogP contribution in [-0.2, 0) is 9.59 Å². The molecule has 0 aromatic heterocycles. The normalized spacial score (nSPS) is 16.9. The highest BCUT2D eigenvalue weighted by Crippen LogP contribution is 2.18. The predicted molar refractivity (Wildman–Crippen MR) is 82.5 cm³/mol. The first kappa shape index (κ1) is 15.8. The average Bonchev–Trinajstić information content (AvgIpc) is 3.24. The molecule has 1 unspecified atom stereocenters. The lowest BCUT2D eigenvalue weighted by atomic mass is 10.2. The SMILES string of the molecule is C[C@@H](C(=O)NC1CC1)[NH+](C)CC(=O)Nc1ccc(Cl)cc1. The lowest BCUT2D eigenvalue weighted by molar-refractivity contribution is -0.885. The summed E-state index contributed by atoms with van der Waals surface area (Å²) in [6.45, 7) is 2.07. The highest BCUT2D eigenvalue weighted by atomic mass is 35.5. The fourth-order valence-electron chi connectivity index (χ4n) is 1.92. The van der Waals surface area contributed by atoms with E-state index in [4.69, 9.17) is 11.6 Å². The summed E-state index contributed by atoms with van der Waals surface area (Å²) in [6.07, 6.45) is 2.13. The van der Waals surface area contributed by atoms with Crippen molar-refractivity contribution >= 4 is 29.1 Å². The van der Waals surface area contributed by atoms with Gasteiger partial charge >= 0.3 is 0 Å². The van der Waals surface area contributed by atoms with Crippen molar-refractivity contribution in [3.05, 3.63) is 29.3 Å². The molecule has 1 fully saturated rings. The largest absolute Gasteiger partial charge is 0.348 e. The van der Waals surface area contributed by atoms with E-state index in [2.05, 4.69) is 10.6 Å². The first-order chi connectivity index (χ1) is 9.95. The summed E-state index contributed by atoms with van der Waals surface area (Å²) in [4.78, 5) is 24.8. The van der Waals surface area contributed by atoms with E-state index in [9.17, 15) is 9.59 Å². The Hall–Kier alpha value is -1.59. The maximum Gasteiger partial charge on any atom is 0.279 e. The highest BCUT2D eigenvalue weighted by Gasteiger charge is 2.29. The molecule has 2 atom stereocenters. The van der Waals surface area contributed by atoms with Crippen LogP contribution in [0.1, 0.15) is 19.8 Å². The zero-order valence-corrected chi connectivity index (χ0v) is 13.0. The third-order valence-electron chi connectivity index (χ3n) is 3.62. The molecule has 2 amide bonds. The summed E-state index contributed by atoms with van der Waals surface area (Å²) in [7, 11) is 1.85. The molecule has 3 N–H and O–H groups in total. The van der Waals surface area contributed by atoms with Gasteiger partial charge in [0.2, 0.25) is 0 Å². The molecule has 6 heteroatoms. The van der Waals surface area contributed by atoms with Crippen LogP contribution in [0, 0.1) is 0 Å². The second-order valence-electron chi connectivity index (χ2n) is 5.58. The van der Waals surface area contributed by atoms with Crippen molar-refractivity contribution in [2.75, 3.05) is 18.9 Å². The van der Waals surface area contributed by atoms with E-state index < -0.39 is 0 Å². The first-order valence-electron chi connectivity index (χ1n) is 7.14. The number of benzene rings is 1. The van der Waals surface area contributed by atoms with Gasteiger partial charge in [0.05, 0.1) is 7.05 Å². The smallest absolute Gasteiger partial charge is 0.279 e. The molecule has 0 aliphatic heterocycles. The molecule has 1 aliphatic rings. The molecule has 1 aromatic carbocycles. The molecule has 0 bridgehead atoms. The van der Waals surface area contributed by atoms with Crippen LogP contribution < -0.4 is 15.5 Å². The van der Waals surface area contributed by atoms with Crippen LogP contribution in [-0.4, -0.2) is 37.5 Å². The van der Waals surface area contributed by atoms with Crippen molar-refractivity contribution in [3.8, 4) is 0 Å². The van der Waals surface area contributed by atoms with Crippen LogP contribution in [0.2, 0.25) is 5.02 Å². The van der Waals surface area contributed by atoms with Crippen LogP contribution in [0.15, 0.2) is 24.3 Å². The minimum atomic E-state index is -0.249. The summed E-state index contributed by atoms with van der Waals surface area (Å²) in [6, 6.07) is 7.04. The zero-order valence-electron chi connectivity index (χ0n) is 12.3. The number of carbonyl (C=O) groups excluding carboxylic acids is 2. The summed E-state index contributed by atoms with van der Waals surface area (Å²) in [5.41, 5.74) is 0.701. The molecule has 5 nitrogen and oxygen atoms in total. The van der Waals surface area contributed by atoms with Gasteiger partial charge in [0.1, 0.15) is 0 Å². The van der Waals surface area contributed by atoms with Crippen molar-refractivity contribution in [1.29, 1.82) is 0 Å². The summed E-state index contributed by atoms with van der Waals surface area (Å²) >= 11 is 5.79. The Morgan fingerprint density at radius 1 is 1.33 bits per heavy atom. The van der Waals surface area contributed by atoms with E-state index in [0.717, 1.165) is 17.7 Å². The summed E-state index contributed by atoms with van der Waals surface area (Å²) in [5, 5.41) is 6.38. The van der Waals surface area contributed by atoms with E-state index in [1.165, 1.54) is 0 Å². The molecular weight excluding hydrogens is 290 g/mol. The Labute approximate surface area is 129 Å². The summed E-state index contributed by atoms with van der Waals surface area (Å²) < 4.78 is 0. The number of anilines is 1. The van der Waals surface area contributed by atoms with Crippen molar-refractivity contribution in [2.24, 2.45) is 0 Å². The number of hydrogen-bond acceptors (Lipinski definition) is 2. The third kappa shape index (κ3) is 5.02. The molecule has 114 valence electrons. The molecule has 0 heterocycles. The van der Waals surface area contributed by atoms with Gasteiger partial charge < -0.3 is 15.5 Å². The number of carbonyl (C=O) groups is 2. The molecule has 1 saturated carbocycles. The predicted octanol–water partition coefficient (Wildman–Crippen LogP) is 0.460. The van der Waals surface area contributed by atoms with Crippen molar-refractivity contribution in [1.82, 2.24) is 5.32 Å². The van der Waals surface area contributed by atoms with Crippen LogP contribution in [0.3, 0.4) is 0 Å². The van der Waals surface area contributed by atoms with Crippen LogP contribution in [0.4, 0.5) is 5.69 Å². The van der Waals surface area contributed by atoms with Gasteiger partial charge in [-0.3, -0.25) is 9.59 Å². The molecule has 0 spiro atoms. The first-order valence-corrected chi connectivity index (χ1v) is 7.51. The molecule has 2 rings (SSSR count). The van der Waals surface area contributed by atoms with Crippen molar-refractivity contribution < 1.29 is 14.5 Å². The Balaban J connectivity index is 1.80. The van der Waals surface area contributed by atoms with E-state index >= 15 is 0 Å². The van der Waals surface area contributed by atoms with Gasteiger partial charge in [-0.25, -0.2) is 0 Å². The van der Waals surface area contributed by atoms with Crippen molar-refractivity contribution in [2.45, 2.75) is 31.8 Å². The highest BCUT2D eigenvalue weighted by molar-refractivity contribution is 6.30. The monoisotopic (exact) mass is 310 g/mol. The van der Waals surface area contributed by atoms with E-state index in [0.29, 0.717) is 16.8 Å². The van der Waals surface area contributed by atoms with Crippen LogP contribution in [0.25, 0.3) is 0 Å². The van der Waals surface area contributed by atoms with Gasteiger partial charge in [-0.15, -0.1) is 0 Å². The van der Waals surface area contributed by atoms with Gasteiger partial charge in [0.25, 0.3) is 11.8 Å². The Morgan fingerprint density at radius 2 is 1.95 bits per heavy atom. The Bertz CT molecular complexity index is 514. The van der Waals surface area contributed by atoms with Gasteiger partial charge in [0.15, 0.2) is 12.6 Å². The van der Waals surface area contributed by atoms with Gasteiger partial charge in [0, 0.05) is 16.8 Å². The quantitative estimate of drug-likeness (QED) is 0.715. The zero-order chi connectivity index (χ0) is 15.4. The Kier molecular flexibility index (Phi) is 5.20. The van der Waals surface area contributed by atoms with Gasteiger partial charge in [-0.2, -0.15) is 0 Å². The molecule has 0 saturated heterocycles. The maximum absolute atomic E-state index is 12.0. The maximum atomic E-state index is 12.0. The number of quaternary nitrogens is 1. The molecule has 1 aromatic rings.